The molecule has 0 unspecified atom stereocenters. The zero-order chi connectivity index (χ0) is 46.5. The van der Waals surface area contributed by atoms with Gasteiger partial charge in [-0.05, 0) is 82.7 Å². The number of rotatable bonds is 8. The Kier molecular flexibility index (Phi) is 14.0. The number of hydrogen-bond donors (Lipinski definition) is 0. The van der Waals surface area contributed by atoms with Gasteiger partial charge < -0.3 is 8.98 Å². The largest absolute Gasteiger partial charge is 0 e. The molecule has 0 atom stereocenters. The molecule has 0 amide bonds. The molecule has 9 aromatic rings. The molecular weight excluding hydrogens is 1060 g/mol. The van der Waals surface area contributed by atoms with Gasteiger partial charge in [0.2, 0.25) is 5.71 Å². The van der Waals surface area contributed by atoms with Crippen molar-refractivity contribution >= 4 is 50.8 Å². The molecule has 6 nitrogen and oxygen atoms in total. The summed E-state index contributed by atoms with van der Waals surface area (Å²) in [5.41, 5.74) is 18.0. The van der Waals surface area contributed by atoms with Crippen LogP contribution in [-0.4, -0.2) is 37.8 Å². The minimum Gasteiger partial charge on any atom is 0 e. The molecule has 0 bridgehead atoms. The monoisotopic (exact) mass is 1120 g/mol. The van der Waals surface area contributed by atoms with Crippen molar-refractivity contribution in [3.8, 4) is 39.5 Å². The second-order valence-corrected chi connectivity index (χ2v) is 31.6. The standard InChI is InChI=1S/C41H41N4O.C18H22GeN.Ir/c1-24(2)33-19-28(27-13-10-9-11-14-27)20-34(25(3)4)37(33)45-36-26(5)22-42-23-35(36)44-39(45)32-16-12-15-30-31-18-17-29(21-41(6,7)8)43-40(31)46-38(30)32;1-19(2,3)17-13-20-18(14-9-5-4-6-10-14)16-12-8-7-11-15(16)17;/h9-15,17-20,22-25H,21H2,1-8H3;4-6,9,13H,7-8,11-12H2,1-3H3;/q2*-1;. The number of furan rings is 1. The van der Waals surface area contributed by atoms with E-state index in [4.69, 9.17) is 19.4 Å². The van der Waals surface area contributed by atoms with Crippen LogP contribution in [0.2, 0.25) is 17.3 Å². The van der Waals surface area contributed by atoms with Crippen molar-refractivity contribution in [2.45, 2.75) is 117 Å². The summed E-state index contributed by atoms with van der Waals surface area (Å²) in [7, 11) is 0. The molecule has 67 heavy (non-hydrogen) atoms. The maximum Gasteiger partial charge on any atom is 0 e. The zero-order valence-corrected chi connectivity index (χ0v) is 45.6. The normalized spacial score (nSPS) is 13.0. The molecule has 0 fully saturated rings. The Balaban J connectivity index is 0.000000242. The average molecular weight is 1120 g/mol. The summed E-state index contributed by atoms with van der Waals surface area (Å²) in [5, 5.41) is 2.01. The molecule has 4 aromatic carbocycles. The van der Waals surface area contributed by atoms with E-state index in [-0.39, 0.29) is 37.4 Å². The first-order chi connectivity index (χ1) is 31.6. The predicted octanol–water partition coefficient (Wildman–Crippen LogP) is 15.0. The minimum absolute atomic E-state index is 0. The van der Waals surface area contributed by atoms with Gasteiger partial charge in [0, 0.05) is 43.1 Å². The Morgan fingerprint density at radius 1 is 0.746 bits per heavy atom. The number of fused-ring (bicyclic) bond motifs is 5. The van der Waals surface area contributed by atoms with Crippen molar-refractivity contribution in [3.63, 3.8) is 0 Å². The summed E-state index contributed by atoms with van der Waals surface area (Å²) in [5.74, 6) is 8.74. The Morgan fingerprint density at radius 2 is 1.45 bits per heavy atom. The van der Waals surface area contributed by atoms with Crippen LogP contribution < -0.4 is 4.40 Å². The minimum atomic E-state index is -1.83. The van der Waals surface area contributed by atoms with Gasteiger partial charge in [-0.15, -0.1) is 18.2 Å². The van der Waals surface area contributed by atoms with E-state index in [0.717, 1.165) is 62.0 Å². The molecule has 10 rings (SSSR count). The average Bonchev–Trinajstić information content (AvgIpc) is 3.87. The zero-order valence-electron chi connectivity index (χ0n) is 41.1. The van der Waals surface area contributed by atoms with Gasteiger partial charge in [-0.3, -0.25) is 9.97 Å². The van der Waals surface area contributed by atoms with Crippen LogP contribution in [0.4, 0.5) is 0 Å². The third kappa shape index (κ3) is 9.75. The molecule has 1 aliphatic carbocycles. The quantitative estimate of drug-likeness (QED) is 0.112. The first-order valence-electron chi connectivity index (χ1n) is 23.9. The third-order valence-electron chi connectivity index (χ3n) is 13.0. The molecule has 5 heterocycles. The van der Waals surface area contributed by atoms with Crippen molar-refractivity contribution in [2.75, 3.05) is 0 Å². The van der Waals surface area contributed by atoms with E-state index in [1.165, 1.54) is 64.9 Å². The molecule has 0 N–H and O–H groups in total. The summed E-state index contributed by atoms with van der Waals surface area (Å²) >= 11 is -1.83. The van der Waals surface area contributed by atoms with E-state index >= 15 is 0 Å². The SMILES string of the molecule is Cc1cncc2nc(-c3[c-]ccc4c3oc3nc(CC(C)(C)C)ccc34)n(-c3c(C(C)C)cc(-c4ccccc4)cc3C(C)C)c12.[CH3][Ge]([CH3])([CH3])[c]1cnc(-c2[c-]cccc2)c2c1CCCC2.[Ir]. The number of hydrogen-bond acceptors (Lipinski definition) is 5. The van der Waals surface area contributed by atoms with Gasteiger partial charge in [-0.2, -0.15) is 0 Å². The van der Waals surface area contributed by atoms with Crippen molar-refractivity contribution in [1.29, 1.82) is 0 Å². The topological polar surface area (TPSA) is 69.6 Å². The van der Waals surface area contributed by atoms with Gasteiger partial charge in [0.05, 0.1) is 28.6 Å². The first kappa shape index (κ1) is 48.3. The van der Waals surface area contributed by atoms with Crippen LogP contribution in [0.25, 0.3) is 72.6 Å². The van der Waals surface area contributed by atoms with Crippen molar-refractivity contribution < 1.29 is 24.5 Å². The van der Waals surface area contributed by atoms with E-state index in [1.807, 2.05) is 30.6 Å². The second-order valence-electron chi connectivity index (χ2n) is 21.1. The molecule has 1 aliphatic rings. The summed E-state index contributed by atoms with van der Waals surface area (Å²) in [6.45, 7) is 17.9. The van der Waals surface area contributed by atoms with E-state index in [1.54, 1.807) is 9.96 Å². The van der Waals surface area contributed by atoms with Gasteiger partial charge in [0.1, 0.15) is 0 Å². The number of pyridine rings is 3. The number of nitrogens with zero attached hydrogens (tertiary/aromatic N) is 5. The Labute approximate surface area is 413 Å². The third-order valence-corrected chi connectivity index (χ3v) is 17.2. The van der Waals surface area contributed by atoms with E-state index in [0.29, 0.717) is 5.71 Å². The Morgan fingerprint density at radius 3 is 2.10 bits per heavy atom. The smallest absolute Gasteiger partial charge is 0 e. The van der Waals surface area contributed by atoms with Gasteiger partial charge in [-0.25, -0.2) is 4.98 Å². The molecule has 0 spiro atoms. The number of benzene rings is 4. The molecule has 345 valence electrons. The van der Waals surface area contributed by atoms with Crippen LogP contribution in [0.15, 0.2) is 114 Å². The molecule has 0 saturated heterocycles. The molecule has 5 aromatic heterocycles. The summed E-state index contributed by atoms with van der Waals surface area (Å²) in [6, 6.07) is 38.8. The van der Waals surface area contributed by atoms with E-state index in [9.17, 15) is 0 Å². The number of imidazole rings is 1. The summed E-state index contributed by atoms with van der Waals surface area (Å²) < 4.78 is 10.6. The second kappa shape index (κ2) is 19.4. The Hall–Kier alpha value is -5.21. The summed E-state index contributed by atoms with van der Waals surface area (Å²) in [6.07, 6.45) is 11.9. The van der Waals surface area contributed by atoms with Crippen LogP contribution in [0, 0.1) is 24.5 Å². The Bertz CT molecular complexity index is 3180. The fourth-order valence-corrected chi connectivity index (χ4v) is 13.3. The van der Waals surface area contributed by atoms with Crippen molar-refractivity contribution in [2.24, 2.45) is 5.41 Å². The predicted molar refractivity (Wildman–Crippen MR) is 278 cm³/mol. The first-order valence-corrected chi connectivity index (χ1v) is 31.2. The fraction of sp³-hybridized carbons (Fsp3) is 0.322. The molecule has 0 aliphatic heterocycles. The van der Waals surface area contributed by atoms with Crippen LogP contribution in [0.3, 0.4) is 0 Å². The van der Waals surface area contributed by atoms with Crippen LogP contribution >= 0.6 is 0 Å². The maximum atomic E-state index is 6.63. The van der Waals surface area contributed by atoms with Gasteiger partial charge in [0.15, 0.2) is 0 Å². The van der Waals surface area contributed by atoms with Crippen LogP contribution in [0.1, 0.15) is 107 Å². The fourth-order valence-electron chi connectivity index (χ4n) is 9.82. The van der Waals surface area contributed by atoms with Crippen molar-refractivity contribution in [3.05, 3.63) is 155 Å². The van der Waals surface area contributed by atoms with E-state index in [2.05, 4.69) is 173 Å². The van der Waals surface area contributed by atoms with Crippen LogP contribution in [0.5, 0.6) is 0 Å². The maximum absolute atomic E-state index is 6.63. The van der Waals surface area contributed by atoms with Crippen LogP contribution in [-0.2, 0) is 39.4 Å². The van der Waals surface area contributed by atoms with Gasteiger partial charge in [0.25, 0.3) is 0 Å². The number of aryl methyl sites for hydroxylation is 1. The summed E-state index contributed by atoms with van der Waals surface area (Å²) in [4.78, 5) is 19.6. The van der Waals surface area contributed by atoms with Gasteiger partial charge in [-0.1, -0.05) is 89.7 Å². The number of aromatic nitrogens is 5. The molecule has 0 saturated carbocycles. The molecule has 1 radical (unpaired) electrons. The van der Waals surface area contributed by atoms with Crippen molar-refractivity contribution in [1.82, 2.24) is 24.5 Å². The molecule has 8 heteroatoms. The van der Waals surface area contributed by atoms with Gasteiger partial charge >= 0.3 is 125 Å². The van der Waals surface area contributed by atoms with E-state index < -0.39 is 13.3 Å². The molecular formula is C59H63GeIrN5O-2.